The third-order valence-electron chi connectivity index (χ3n) is 3.90. The standard InChI is InChI=1S/C13H18N2/c14-15-13(9-5-6-9)8-11-7-10-3-1-2-4-12(10)11/h1-4,9,11,13,15H,5-8,14H2. The van der Waals surface area contributed by atoms with Gasteiger partial charge in [-0.2, -0.15) is 0 Å². The lowest BCUT2D eigenvalue weighted by molar-refractivity contribution is 0.390. The molecule has 2 aliphatic carbocycles. The molecule has 80 valence electrons. The molecule has 1 saturated carbocycles. The van der Waals surface area contributed by atoms with E-state index in [1.165, 1.54) is 31.2 Å². The van der Waals surface area contributed by atoms with E-state index in [1.54, 1.807) is 5.56 Å². The van der Waals surface area contributed by atoms with Gasteiger partial charge in [0.2, 0.25) is 0 Å². The minimum absolute atomic E-state index is 0.545. The van der Waals surface area contributed by atoms with Gasteiger partial charge in [0.05, 0.1) is 0 Å². The molecule has 1 fully saturated rings. The van der Waals surface area contributed by atoms with Crippen LogP contribution in [0.5, 0.6) is 0 Å². The summed E-state index contributed by atoms with van der Waals surface area (Å²) in [5, 5.41) is 0. The SMILES string of the molecule is NNC(CC1Cc2ccccc21)C1CC1. The second-order valence-electron chi connectivity index (χ2n) is 4.95. The van der Waals surface area contributed by atoms with Crippen LogP contribution in [-0.4, -0.2) is 6.04 Å². The molecule has 1 aromatic rings. The number of hydrogen-bond donors (Lipinski definition) is 2. The van der Waals surface area contributed by atoms with Crippen LogP contribution in [0.4, 0.5) is 0 Å². The lowest BCUT2D eigenvalue weighted by Gasteiger charge is -2.33. The molecule has 0 heterocycles. The van der Waals surface area contributed by atoms with Crippen LogP contribution in [0, 0.1) is 5.92 Å². The van der Waals surface area contributed by atoms with Gasteiger partial charge >= 0.3 is 0 Å². The zero-order valence-electron chi connectivity index (χ0n) is 8.95. The molecule has 0 aliphatic heterocycles. The lowest BCUT2D eigenvalue weighted by atomic mass is 9.74. The van der Waals surface area contributed by atoms with Crippen molar-refractivity contribution in [3.63, 3.8) is 0 Å². The van der Waals surface area contributed by atoms with Gasteiger partial charge in [-0.3, -0.25) is 11.3 Å². The molecule has 0 aromatic heterocycles. The Morgan fingerprint density at radius 3 is 2.80 bits per heavy atom. The van der Waals surface area contributed by atoms with Gasteiger partial charge in [0, 0.05) is 6.04 Å². The van der Waals surface area contributed by atoms with E-state index in [0.29, 0.717) is 6.04 Å². The Kier molecular flexibility index (Phi) is 2.26. The van der Waals surface area contributed by atoms with Crippen LogP contribution in [-0.2, 0) is 6.42 Å². The second kappa shape index (κ2) is 3.62. The molecule has 2 nitrogen and oxygen atoms in total. The number of fused-ring (bicyclic) bond motifs is 1. The number of benzene rings is 1. The zero-order chi connectivity index (χ0) is 10.3. The lowest BCUT2D eigenvalue weighted by Crippen LogP contribution is -2.39. The van der Waals surface area contributed by atoms with Gasteiger partial charge < -0.3 is 0 Å². The van der Waals surface area contributed by atoms with Crippen molar-refractivity contribution in [2.75, 3.05) is 0 Å². The van der Waals surface area contributed by atoms with Crippen LogP contribution in [0.1, 0.15) is 36.3 Å². The Balaban J connectivity index is 1.66. The summed E-state index contributed by atoms with van der Waals surface area (Å²) >= 11 is 0. The molecule has 1 aromatic carbocycles. The fourth-order valence-electron chi connectivity index (χ4n) is 2.77. The highest BCUT2D eigenvalue weighted by atomic mass is 15.2. The largest absolute Gasteiger partial charge is 0.271 e. The maximum absolute atomic E-state index is 5.61. The van der Waals surface area contributed by atoms with Crippen molar-refractivity contribution in [3.8, 4) is 0 Å². The van der Waals surface area contributed by atoms with Crippen molar-refractivity contribution >= 4 is 0 Å². The first-order valence-electron chi connectivity index (χ1n) is 5.92. The predicted octanol–water partition coefficient (Wildman–Crippen LogP) is 1.96. The van der Waals surface area contributed by atoms with Crippen LogP contribution >= 0.6 is 0 Å². The van der Waals surface area contributed by atoms with Crippen molar-refractivity contribution in [1.29, 1.82) is 0 Å². The van der Waals surface area contributed by atoms with E-state index in [-0.39, 0.29) is 0 Å². The molecule has 0 saturated heterocycles. The molecular weight excluding hydrogens is 184 g/mol. The number of hydrogen-bond acceptors (Lipinski definition) is 2. The molecule has 0 bridgehead atoms. The van der Waals surface area contributed by atoms with E-state index in [2.05, 4.69) is 29.7 Å². The Bertz CT molecular complexity index is 357. The summed E-state index contributed by atoms with van der Waals surface area (Å²) in [6.45, 7) is 0. The molecule has 3 N–H and O–H groups in total. The fourth-order valence-corrected chi connectivity index (χ4v) is 2.77. The Morgan fingerprint density at radius 1 is 1.33 bits per heavy atom. The van der Waals surface area contributed by atoms with Crippen LogP contribution in [0.3, 0.4) is 0 Å². The highest BCUT2D eigenvalue weighted by molar-refractivity contribution is 5.40. The average molecular weight is 202 g/mol. The first-order valence-corrected chi connectivity index (χ1v) is 5.92. The van der Waals surface area contributed by atoms with Gasteiger partial charge in [0.1, 0.15) is 0 Å². The van der Waals surface area contributed by atoms with E-state index in [9.17, 15) is 0 Å². The van der Waals surface area contributed by atoms with Gasteiger partial charge in [-0.05, 0) is 48.6 Å². The molecular formula is C13H18N2. The third-order valence-corrected chi connectivity index (χ3v) is 3.90. The zero-order valence-corrected chi connectivity index (χ0v) is 8.95. The molecule has 0 radical (unpaired) electrons. The summed E-state index contributed by atoms with van der Waals surface area (Å²) in [6.07, 6.45) is 5.20. The third kappa shape index (κ3) is 1.68. The summed E-state index contributed by atoms with van der Waals surface area (Å²) in [5.74, 6) is 7.21. The highest BCUT2D eigenvalue weighted by Gasteiger charge is 2.35. The molecule has 2 aliphatic rings. The van der Waals surface area contributed by atoms with Crippen LogP contribution < -0.4 is 11.3 Å². The van der Waals surface area contributed by atoms with Crippen LogP contribution in [0.15, 0.2) is 24.3 Å². The minimum Gasteiger partial charge on any atom is -0.271 e. The Labute approximate surface area is 90.8 Å². The van der Waals surface area contributed by atoms with Crippen molar-refractivity contribution in [2.24, 2.45) is 11.8 Å². The minimum atomic E-state index is 0.545. The molecule has 15 heavy (non-hydrogen) atoms. The van der Waals surface area contributed by atoms with Gasteiger partial charge in [-0.25, -0.2) is 0 Å². The maximum atomic E-state index is 5.61. The summed E-state index contributed by atoms with van der Waals surface area (Å²) in [4.78, 5) is 0. The van der Waals surface area contributed by atoms with Crippen LogP contribution in [0.2, 0.25) is 0 Å². The molecule has 0 spiro atoms. The number of nitrogens with one attached hydrogen (secondary N) is 1. The molecule has 2 unspecified atom stereocenters. The number of nitrogens with two attached hydrogens (primary N) is 1. The van der Waals surface area contributed by atoms with E-state index >= 15 is 0 Å². The van der Waals surface area contributed by atoms with Crippen molar-refractivity contribution in [1.82, 2.24) is 5.43 Å². The topological polar surface area (TPSA) is 38.0 Å². The van der Waals surface area contributed by atoms with E-state index in [1.807, 2.05) is 0 Å². The summed E-state index contributed by atoms with van der Waals surface area (Å²) in [7, 11) is 0. The molecule has 2 atom stereocenters. The van der Waals surface area contributed by atoms with E-state index < -0.39 is 0 Å². The normalized spacial score (nSPS) is 25.5. The van der Waals surface area contributed by atoms with Gasteiger partial charge in [0.25, 0.3) is 0 Å². The second-order valence-corrected chi connectivity index (χ2v) is 4.95. The van der Waals surface area contributed by atoms with Crippen molar-refractivity contribution < 1.29 is 0 Å². The quantitative estimate of drug-likeness (QED) is 0.578. The number of rotatable bonds is 4. The first kappa shape index (κ1) is 9.37. The smallest absolute Gasteiger partial charge is 0.0244 e. The van der Waals surface area contributed by atoms with Crippen molar-refractivity contribution in [3.05, 3.63) is 35.4 Å². The van der Waals surface area contributed by atoms with Crippen molar-refractivity contribution in [2.45, 2.75) is 37.6 Å². The Morgan fingerprint density at radius 2 is 2.13 bits per heavy atom. The molecule has 2 heteroatoms. The summed E-state index contributed by atoms with van der Waals surface area (Å²) in [5.41, 5.74) is 6.08. The molecule has 3 rings (SSSR count). The maximum Gasteiger partial charge on any atom is 0.0244 e. The van der Waals surface area contributed by atoms with Crippen LogP contribution in [0.25, 0.3) is 0 Å². The predicted molar refractivity (Wildman–Crippen MR) is 61.3 cm³/mol. The summed E-state index contributed by atoms with van der Waals surface area (Å²) < 4.78 is 0. The van der Waals surface area contributed by atoms with E-state index in [0.717, 1.165) is 11.8 Å². The van der Waals surface area contributed by atoms with Gasteiger partial charge in [-0.15, -0.1) is 0 Å². The summed E-state index contributed by atoms with van der Waals surface area (Å²) in [6, 6.07) is 9.34. The highest BCUT2D eigenvalue weighted by Crippen LogP contribution is 2.42. The number of hydrazine groups is 1. The average Bonchev–Trinajstić information content (AvgIpc) is 3.04. The van der Waals surface area contributed by atoms with Gasteiger partial charge in [-0.1, -0.05) is 24.3 Å². The molecule has 0 amide bonds. The Hall–Kier alpha value is -0.860. The monoisotopic (exact) mass is 202 g/mol. The first-order chi connectivity index (χ1) is 7.38. The fraction of sp³-hybridized carbons (Fsp3) is 0.538. The van der Waals surface area contributed by atoms with E-state index in [4.69, 9.17) is 5.84 Å². The van der Waals surface area contributed by atoms with Gasteiger partial charge in [0.15, 0.2) is 0 Å².